The second kappa shape index (κ2) is 4.45. The Balaban J connectivity index is 2.22. The van der Waals surface area contributed by atoms with E-state index in [-0.39, 0.29) is 0 Å². The lowest BCUT2D eigenvalue weighted by atomic mass is 9.98. The molecule has 102 valence electrons. The smallest absolute Gasteiger partial charge is 0.213 e. The minimum atomic E-state index is 0.943. The first kappa shape index (κ1) is 12.2. The van der Waals surface area contributed by atoms with E-state index in [2.05, 4.69) is 61.1 Å². The largest absolute Gasteiger partial charge is 0.456 e. The lowest BCUT2D eigenvalue weighted by molar-refractivity contribution is -0.660. The average Bonchev–Trinajstić information content (AvgIpc) is 2.87. The Kier molecular flexibility index (Phi) is 2.58. The molecule has 0 aliphatic rings. The van der Waals surface area contributed by atoms with E-state index in [4.69, 9.17) is 4.42 Å². The topological polar surface area (TPSA) is 17.0 Å². The first-order chi connectivity index (χ1) is 10.3. The average molecular weight is 274 g/mol. The summed E-state index contributed by atoms with van der Waals surface area (Å²) in [5.41, 5.74) is 5.60. The number of para-hydroxylation sites is 1. The Bertz CT molecular complexity index is 966. The van der Waals surface area contributed by atoms with Crippen molar-refractivity contribution in [1.82, 2.24) is 0 Å². The van der Waals surface area contributed by atoms with Crippen LogP contribution >= 0.6 is 0 Å². The molecule has 0 bridgehead atoms. The summed E-state index contributed by atoms with van der Waals surface area (Å²) >= 11 is 0. The summed E-state index contributed by atoms with van der Waals surface area (Å²) in [7, 11) is 2.08. The monoisotopic (exact) mass is 274 g/mol. The first-order valence-electron chi connectivity index (χ1n) is 7.11. The summed E-state index contributed by atoms with van der Waals surface area (Å²) in [4.78, 5) is 0. The number of fused-ring (bicyclic) bond motifs is 3. The van der Waals surface area contributed by atoms with Gasteiger partial charge in [0.15, 0.2) is 6.20 Å². The fraction of sp³-hybridized carbons (Fsp3) is 0.105. The normalized spacial score (nSPS) is 11.3. The minimum absolute atomic E-state index is 0.943. The van der Waals surface area contributed by atoms with Gasteiger partial charge < -0.3 is 4.42 Å². The lowest BCUT2D eigenvalue weighted by Gasteiger charge is -2.06. The van der Waals surface area contributed by atoms with Crippen LogP contribution in [0.5, 0.6) is 0 Å². The van der Waals surface area contributed by atoms with Crippen LogP contribution in [-0.4, -0.2) is 0 Å². The van der Waals surface area contributed by atoms with Crippen molar-refractivity contribution in [1.29, 1.82) is 0 Å². The molecule has 4 rings (SSSR count). The molecule has 0 spiro atoms. The van der Waals surface area contributed by atoms with Gasteiger partial charge in [-0.05, 0) is 30.7 Å². The summed E-state index contributed by atoms with van der Waals surface area (Å²) in [5, 5.41) is 2.38. The van der Waals surface area contributed by atoms with E-state index in [0.717, 1.165) is 11.2 Å². The van der Waals surface area contributed by atoms with E-state index >= 15 is 0 Å². The van der Waals surface area contributed by atoms with Gasteiger partial charge in [0, 0.05) is 22.9 Å². The fourth-order valence-corrected chi connectivity index (χ4v) is 3.03. The Hall–Kier alpha value is -2.61. The SMILES string of the molecule is Cc1ccc2oc3ccccc3c2c1-c1cccc[n+]1C. The number of furan rings is 1. The van der Waals surface area contributed by atoms with Crippen LogP contribution in [0.15, 0.2) is 65.2 Å². The van der Waals surface area contributed by atoms with Crippen molar-refractivity contribution in [2.45, 2.75) is 6.92 Å². The summed E-state index contributed by atoms with van der Waals surface area (Å²) in [6.45, 7) is 2.16. The standard InChI is InChI=1S/C19H16NO/c1-13-10-11-17-19(14-7-3-4-9-16(14)21-17)18(13)15-8-5-6-12-20(15)2/h3-12H,1-2H3/q+1. The zero-order chi connectivity index (χ0) is 14.4. The number of nitrogens with zero attached hydrogens (tertiary/aromatic N) is 1. The van der Waals surface area contributed by atoms with Gasteiger partial charge in [0.25, 0.3) is 0 Å². The van der Waals surface area contributed by atoms with E-state index in [0.29, 0.717) is 0 Å². The molecule has 0 fully saturated rings. The third-order valence-electron chi connectivity index (χ3n) is 4.06. The summed E-state index contributed by atoms with van der Waals surface area (Å²) < 4.78 is 8.16. The van der Waals surface area contributed by atoms with Gasteiger partial charge in [0.05, 0.1) is 5.56 Å². The molecule has 2 nitrogen and oxygen atoms in total. The predicted molar refractivity (Wildman–Crippen MR) is 85.1 cm³/mol. The first-order valence-corrected chi connectivity index (χ1v) is 7.11. The summed E-state index contributed by atoms with van der Waals surface area (Å²) in [6, 6.07) is 18.7. The van der Waals surface area contributed by atoms with Crippen molar-refractivity contribution in [3.05, 3.63) is 66.4 Å². The maximum atomic E-state index is 6.00. The van der Waals surface area contributed by atoms with Crippen LogP contribution in [-0.2, 0) is 7.05 Å². The van der Waals surface area contributed by atoms with Crippen LogP contribution < -0.4 is 4.57 Å². The Morgan fingerprint density at radius 2 is 1.67 bits per heavy atom. The van der Waals surface area contributed by atoms with E-state index in [9.17, 15) is 0 Å². The van der Waals surface area contributed by atoms with E-state index in [1.165, 1.54) is 27.6 Å². The highest BCUT2D eigenvalue weighted by Crippen LogP contribution is 2.37. The molecule has 2 heteroatoms. The zero-order valence-electron chi connectivity index (χ0n) is 12.1. The molecule has 0 aliphatic heterocycles. The molecule has 4 aromatic rings. The number of rotatable bonds is 1. The van der Waals surface area contributed by atoms with Crippen molar-refractivity contribution in [3.63, 3.8) is 0 Å². The number of hydrogen-bond donors (Lipinski definition) is 0. The molecule has 21 heavy (non-hydrogen) atoms. The molecule has 2 aromatic carbocycles. The summed E-state index contributed by atoms with van der Waals surface area (Å²) in [6.07, 6.45) is 2.08. The maximum Gasteiger partial charge on any atom is 0.213 e. The van der Waals surface area contributed by atoms with Crippen LogP contribution in [0.2, 0.25) is 0 Å². The molecule has 2 aromatic heterocycles. The maximum absolute atomic E-state index is 6.00. The second-order valence-electron chi connectivity index (χ2n) is 5.43. The summed E-state index contributed by atoms with van der Waals surface area (Å²) in [5.74, 6) is 0. The number of hydrogen-bond acceptors (Lipinski definition) is 1. The van der Waals surface area contributed by atoms with Gasteiger partial charge >= 0.3 is 0 Å². The highest BCUT2D eigenvalue weighted by molar-refractivity contribution is 6.12. The van der Waals surface area contributed by atoms with Crippen molar-refractivity contribution in [3.8, 4) is 11.3 Å². The third kappa shape index (κ3) is 1.76. The second-order valence-corrected chi connectivity index (χ2v) is 5.43. The highest BCUT2D eigenvalue weighted by atomic mass is 16.3. The van der Waals surface area contributed by atoms with Crippen LogP contribution in [0.4, 0.5) is 0 Å². The highest BCUT2D eigenvalue weighted by Gasteiger charge is 2.19. The predicted octanol–water partition coefficient (Wildman–Crippen LogP) is 4.39. The van der Waals surface area contributed by atoms with Gasteiger partial charge in [0.1, 0.15) is 18.2 Å². The Labute approximate surface area is 123 Å². The van der Waals surface area contributed by atoms with Gasteiger partial charge in [-0.3, -0.25) is 0 Å². The van der Waals surface area contributed by atoms with E-state index in [1.807, 2.05) is 18.2 Å². The molecule has 0 N–H and O–H groups in total. The fourth-order valence-electron chi connectivity index (χ4n) is 3.03. The number of aryl methyl sites for hydroxylation is 2. The van der Waals surface area contributed by atoms with Crippen LogP contribution in [0.3, 0.4) is 0 Å². The van der Waals surface area contributed by atoms with Gasteiger partial charge in [-0.1, -0.05) is 24.3 Å². The molecule has 0 amide bonds. The number of pyridine rings is 1. The Morgan fingerprint density at radius 3 is 2.52 bits per heavy atom. The van der Waals surface area contributed by atoms with Gasteiger partial charge in [0.2, 0.25) is 5.69 Å². The van der Waals surface area contributed by atoms with Crippen molar-refractivity contribution >= 4 is 21.9 Å². The zero-order valence-corrected chi connectivity index (χ0v) is 12.1. The van der Waals surface area contributed by atoms with Crippen LogP contribution in [0.25, 0.3) is 33.2 Å². The van der Waals surface area contributed by atoms with E-state index in [1.54, 1.807) is 0 Å². The number of aromatic nitrogens is 1. The molecule has 0 unspecified atom stereocenters. The molecule has 0 saturated heterocycles. The lowest BCUT2D eigenvalue weighted by Crippen LogP contribution is -2.30. The molecular weight excluding hydrogens is 258 g/mol. The minimum Gasteiger partial charge on any atom is -0.456 e. The number of benzene rings is 2. The molecule has 0 aliphatic carbocycles. The quantitative estimate of drug-likeness (QED) is 0.471. The van der Waals surface area contributed by atoms with Gasteiger partial charge in [-0.15, -0.1) is 0 Å². The molecule has 2 heterocycles. The van der Waals surface area contributed by atoms with Gasteiger partial charge in [-0.25, -0.2) is 4.57 Å². The van der Waals surface area contributed by atoms with Crippen molar-refractivity contribution < 1.29 is 8.98 Å². The Morgan fingerprint density at radius 1 is 0.857 bits per heavy atom. The molecule has 0 atom stereocenters. The molecular formula is C19H16NO+. The van der Waals surface area contributed by atoms with Crippen molar-refractivity contribution in [2.24, 2.45) is 7.05 Å². The van der Waals surface area contributed by atoms with E-state index < -0.39 is 0 Å². The molecule has 0 radical (unpaired) electrons. The third-order valence-corrected chi connectivity index (χ3v) is 4.06. The van der Waals surface area contributed by atoms with Crippen molar-refractivity contribution in [2.75, 3.05) is 0 Å². The van der Waals surface area contributed by atoms with Gasteiger partial charge in [-0.2, -0.15) is 0 Å². The van der Waals surface area contributed by atoms with Crippen LogP contribution in [0, 0.1) is 6.92 Å². The molecule has 0 saturated carbocycles. The van der Waals surface area contributed by atoms with Crippen LogP contribution in [0.1, 0.15) is 5.56 Å².